The number of nitrogens with one attached hydrogen (secondary N) is 1. The van der Waals surface area contributed by atoms with Gasteiger partial charge in [0.25, 0.3) is 5.91 Å². The van der Waals surface area contributed by atoms with Crippen LogP contribution in [0, 0.1) is 0 Å². The average molecular weight is 262 g/mol. The number of hydrogen-bond acceptors (Lipinski definition) is 4. The van der Waals surface area contributed by atoms with Gasteiger partial charge in [0.2, 0.25) is 0 Å². The Morgan fingerprint density at radius 1 is 1.33 bits per heavy atom. The van der Waals surface area contributed by atoms with Gasteiger partial charge in [0.15, 0.2) is 0 Å². The van der Waals surface area contributed by atoms with Crippen molar-refractivity contribution in [2.45, 2.75) is 6.92 Å². The van der Waals surface area contributed by atoms with Crippen molar-refractivity contribution in [3.05, 3.63) is 40.6 Å². The van der Waals surface area contributed by atoms with E-state index in [-0.39, 0.29) is 5.91 Å². The van der Waals surface area contributed by atoms with E-state index in [2.05, 4.69) is 5.32 Å². The molecule has 0 aliphatic carbocycles. The zero-order chi connectivity index (χ0) is 13.0. The monoisotopic (exact) mass is 262 g/mol. The lowest BCUT2D eigenvalue weighted by atomic mass is 10.3. The lowest BCUT2D eigenvalue weighted by Crippen LogP contribution is -2.11. The molecule has 0 saturated heterocycles. The van der Waals surface area contributed by atoms with Crippen LogP contribution in [-0.2, 0) is 0 Å². The number of carbonyl (C=O) groups excluding carboxylic acids is 1. The molecule has 0 atom stereocenters. The van der Waals surface area contributed by atoms with E-state index in [1.165, 1.54) is 11.3 Å². The summed E-state index contributed by atoms with van der Waals surface area (Å²) < 4.78 is 5.33. The van der Waals surface area contributed by atoms with Gasteiger partial charge in [-0.25, -0.2) is 0 Å². The predicted molar refractivity (Wildman–Crippen MR) is 74.3 cm³/mol. The van der Waals surface area contributed by atoms with Crippen molar-refractivity contribution in [1.82, 2.24) is 0 Å². The maximum Gasteiger partial charge on any atom is 0.267 e. The molecule has 1 heterocycles. The number of amides is 1. The first kappa shape index (κ1) is 12.4. The number of anilines is 2. The molecule has 4 nitrogen and oxygen atoms in total. The van der Waals surface area contributed by atoms with Gasteiger partial charge >= 0.3 is 0 Å². The molecule has 1 amide bonds. The van der Waals surface area contributed by atoms with Crippen LogP contribution in [0.1, 0.15) is 16.6 Å². The van der Waals surface area contributed by atoms with E-state index in [1.54, 1.807) is 23.6 Å². The summed E-state index contributed by atoms with van der Waals surface area (Å²) in [4.78, 5) is 12.4. The molecule has 0 fully saturated rings. The molecule has 0 bridgehead atoms. The zero-order valence-corrected chi connectivity index (χ0v) is 10.8. The van der Waals surface area contributed by atoms with Crippen LogP contribution in [0.2, 0.25) is 0 Å². The maximum atomic E-state index is 11.9. The van der Waals surface area contributed by atoms with Crippen LogP contribution in [0.4, 0.5) is 11.4 Å². The molecule has 2 rings (SSSR count). The first-order valence-corrected chi connectivity index (χ1v) is 6.46. The quantitative estimate of drug-likeness (QED) is 0.890. The Bertz CT molecular complexity index is 534. The summed E-state index contributed by atoms with van der Waals surface area (Å²) in [5.41, 5.74) is 6.91. The van der Waals surface area contributed by atoms with Crippen LogP contribution in [0.25, 0.3) is 0 Å². The molecular formula is C13H14N2O2S. The number of benzene rings is 1. The van der Waals surface area contributed by atoms with E-state index in [9.17, 15) is 4.79 Å². The Morgan fingerprint density at radius 2 is 2.06 bits per heavy atom. The van der Waals surface area contributed by atoms with Crippen molar-refractivity contribution in [3.8, 4) is 5.75 Å². The summed E-state index contributed by atoms with van der Waals surface area (Å²) >= 11 is 1.33. The first-order chi connectivity index (χ1) is 8.70. The summed E-state index contributed by atoms with van der Waals surface area (Å²) in [5.74, 6) is 0.595. The Hall–Kier alpha value is -2.01. The van der Waals surface area contributed by atoms with Gasteiger partial charge in [-0.05, 0) is 42.6 Å². The molecule has 1 aromatic heterocycles. The standard InChI is InChI=1S/C13H14N2O2S/c1-2-17-10-5-3-9(4-6-10)15-13(16)12-11(14)7-8-18-12/h3-8H,2,14H2,1H3,(H,15,16). The highest BCUT2D eigenvalue weighted by atomic mass is 32.1. The molecule has 3 N–H and O–H groups in total. The van der Waals surface area contributed by atoms with Crippen LogP contribution < -0.4 is 15.8 Å². The second-order valence-electron chi connectivity index (χ2n) is 3.62. The lowest BCUT2D eigenvalue weighted by Gasteiger charge is -2.06. The Kier molecular flexibility index (Phi) is 3.84. The SMILES string of the molecule is CCOc1ccc(NC(=O)c2sccc2N)cc1. The molecule has 0 spiro atoms. The molecule has 0 aliphatic rings. The van der Waals surface area contributed by atoms with E-state index < -0.39 is 0 Å². The Morgan fingerprint density at radius 3 is 2.61 bits per heavy atom. The van der Waals surface area contributed by atoms with Gasteiger partial charge in [0, 0.05) is 5.69 Å². The number of nitrogens with two attached hydrogens (primary N) is 1. The van der Waals surface area contributed by atoms with Crippen LogP contribution >= 0.6 is 11.3 Å². The third-order valence-electron chi connectivity index (χ3n) is 2.33. The van der Waals surface area contributed by atoms with Gasteiger partial charge in [-0.1, -0.05) is 0 Å². The van der Waals surface area contributed by atoms with E-state index in [0.717, 1.165) is 11.4 Å². The summed E-state index contributed by atoms with van der Waals surface area (Å²) in [6.07, 6.45) is 0. The van der Waals surface area contributed by atoms with Crippen LogP contribution in [0.5, 0.6) is 5.75 Å². The minimum atomic E-state index is -0.188. The second-order valence-corrected chi connectivity index (χ2v) is 4.53. The van der Waals surface area contributed by atoms with Crippen molar-refractivity contribution < 1.29 is 9.53 Å². The van der Waals surface area contributed by atoms with Crippen LogP contribution in [0.3, 0.4) is 0 Å². The topological polar surface area (TPSA) is 64.3 Å². The van der Waals surface area contributed by atoms with Crippen molar-refractivity contribution in [2.75, 3.05) is 17.7 Å². The van der Waals surface area contributed by atoms with Gasteiger partial charge < -0.3 is 15.8 Å². The molecular weight excluding hydrogens is 248 g/mol. The predicted octanol–water partition coefficient (Wildman–Crippen LogP) is 2.98. The smallest absolute Gasteiger partial charge is 0.267 e. The number of hydrogen-bond donors (Lipinski definition) is 2. The van der Waals surface area contributed by atoms with E-state index in [4.69, 9.17) is 10.5 Å². The third kappa shape index (κ3) is 2.81. The molecule has 0 saturated carbocycles. The largest absolute Gasteiger partial charge is 0.494 e. The fourth-order valence-corrected chi connectivity index (χ4v) is 2.21. The van der Waals surface area contributed by atoms with Gasteiger partial charge in [-0.2, -0.15) is 0 Å². The molecule has 0 aliphatic heterocycles. The van der Waals surface area contributed by atoms with E-state index in [0.29, 0.717) is 17.2 Å². The van der Waals surface area contributed by atoms with E-state index >= 15 is 0 Å². The molecule has 0 radical (unpaired) electrons. The Balaban J connectivity index is 2.05. The highest BCUT2D eigenvalue weighted by Gasteiger charge is 2.11. The van der Waals surface area contributed by atoms with Gasteiger partial charge in [-0.3, -0.25) is 4.79 Å². The van der Waals surface area contributed by atoms with Crippen molar-refractivity contribution in [3.63, 3.8) is 0 Å². The van der Waals surface area contributed by atoms with Crippen molar-refractivity contribution in [1.29, 1.82) is 0 Å². The van der Waals surface area contributed by atoms with Gasteiger partial charge in [-0.15, -0.1) is 11.3 Å². The summed E-state index contributed by atoms with van der Waals surface area (Å²) in [6, 6.07) is 8.95. The molecule has 1 aromatic carbocycles. The highest BCUT2D eigenvalue weighted by Crippen LogP contribution is 2.21. The highest BCUT2D eigenvalue weighted by molar-refractivity contribution is 7.12. The molecule has 18 heavy (non-hydrogen) atoms. The van der Waals surface area contributed by atoms with Crippen LogP contribution in [0.15, 0.2) is 35.7 Å². The minimum Gasteiger partial charge on any atom is -0.494 e. The molecule has 0 unspecified atom stereocenters. The maximum absolute atomic E-state index is 11.9. The summed E-state index contributed by atoms with van der Waals surface area (Å²) in [6.45, 7) is 2.55. The number of ether oxygens (including phenoxy) is 1. The number of rotatable bonds is 4. The fourth-order valence-electron chi connectivity index (χ4n) is 1.49. The normalized spacial score (nSPS) is 10.1. The van der Waals surface area contributed by atoms with Crippen molar-refractivity contribution in [2.24, 2.45) is 0 Å². The molecule has 5 heteroatoms. The number of carbonyl (C=O) groups is 1. The van der Waals surface area contributed by atoms with Gasteiger partial charge in [0.05, 0.1) is 12.3 Å². The first-order valence-electron chi connectivity index (χ1n) is 5.58. The summed E-state index contributed by atoms with van der Waals surface area (Å²) in [7, 11) is 0. The average Bonchev–Trinajstić information content (AvgIpc) is 2.78. The number of nitrogen functional groups attached to an aromatic ring is 1. The fraction of sp³-hybridized carbons (Fsp3) is 0.154. The number of thiophene rings is 1. The van der Waals surface area contributed by atoms with Crippen molar-refractivity contribution >= 4 is 28.6 Å². The minimum absolute atomic E-state index is 0.188. The second kappa shape index (κ2) is 5.55. The zero-order valence-electron chi connectivity index (χ0n) is 9.97. The molecule has 94 valence electrons. The molecule has 2 aromatic rings. The van der Waals surface area contributed by atoms with Crippen LogP contribution in [-0.4, -0.2) is 12.5 Å². The Labute approximate surface area is 109 Å². The third-order valence-corrected chi connectivity index (χ3v) is 3.25. The lowest BCUT2D eigenvalue weighted by molar-refractivity contribution is 0.103. The van der Waals surface area contributed by atoms with E-state index in [1.807, 2.05) is 19.1 Å². The summed E-state index contributed by atoms with van der Waals surface area (Å²) in [5, 5.41) is 4.58. The van der Waals surface area contributed by atoms with Gasteiger partial charge in [0.1, 0.15) is 10.6 Å².